The molecule has 4 nitrogen and oxygen atoms in total. The zero-order valence-electron chi connectivity index (χ0n) is 9.28. The van der Waals surface area contributed by atoms with Crippen LogP contribution in [0.3, 0.4) is 0 Å². The van der Waals surface area contributed by atoms with E-state index in [-0.39, 0.29) is 23.7 Å². The van der Waals surface area contributed by atoms with Gasteiger partial charge in [-0.1, -0.05) is 13.0 Å². The summed E-state index contributed by atoms with van der Waals surface area (Å²) >= 11 is 0. The van der Waals surface area contributed by atoms with Crippen LogP contribution in [0.15, 0.2) is 12.1 Å². The normalized spacial score (nSPS) is 13.6. The van der Waals surface area contributed by atoms with Gasteiger partial charge in [0, 0.05) is 0 Å². The smallest absolute Gasteiger partial charge is 0.209 e. The second kappa shape index (κ2) is 4.97. The fourth-order valence-corrected chi connectivity index (χ4v) is 2.51. The van der Waals surface area contributed by atoms with Gasteiger partial charge in [0.05, 0.1) is 5.75 Å². The van der Waals surface area contributed by atoms with E-state index in [2.05, 4.69) is 0 Å². The Morgan fingerprint density at radius 3 is 2.47 bits per heavy atom. The fraction of sp³-hybridized carbons (Fsp3) is 0.400. The van der Waals surface area contributed by atoms with E-state index in [4.69, 9.17) is 10.9 Å². The molecular weight excluding hydrogens is 250 g/mol. The molecular formula is C10H14F2N2O2S. The highest BCUT2D eigenvalue weighted by atomic mass is 32.2. The van der Waals surface area contributed by atoms with Crippen molar-refractivity contribution < 1.29 is 17.2 Å². The zero-order valence-corrected chi connectivity index (χ0v) is 10.1. The molecule has 0 aliphatic heterocycles. The first-order valence-electron chi connectivity index (χ1n) is 4.93. The third-order valence-corrected chi connectivity index (χ3v) is 3.33. The summed E-state index contributed by atoms with van der Waals surface area (Å²) in [6, 6.07) is 2.30. The Hall–Kier alpha value is -1.21. The summed E-state index contributed by atoms with van der Waals surface area (Å²) in [5, 5.41) is 4.88. The zero-order chi connectivity index (χ0) is 13.2. The Labute approximate surface area is 98.7 Å². The van der Waals surface area contributed by atoms with Crippen molar-refractivity contribution in [2.24, 2.45) is 11.1 Å². The molecule has 1 rings (SSSR count). The van der Waals surface area contributed by atoms with E-state index < -0.39 is 27.3 Å². The van der Waals surface area contributed by atoms with Gasteiger partial charge in [0.25, 0.3) is 0 Å². The Morgan fingerprint density at radius 2 is 1.94 bits per heavy atom. The molecule has 0 bridgehead atoms. The maximum Gasteiger partial charge on any atom is 0.209 e. The molecule has 7 heteroatoms. The molecule has 0 saturated heterocycles. The van der Waals surface area contributed by atoms with Crippen molar-refractivity contribution in [3.8, 4) is 0 Å². The van der Waals surface area contributed by atoms with E-state index in [1.54, 1.807) is 6.92 Å². The number of sulfonamides is 1. The molecule has 0 aromatic heterocycles. The average molecular weight is 264 g/mol. The van der Waals surface area contributed by atoms with Crippen LogP contribution < -0.4 is 10.9 Å². The molecule has 0 fully saturated rings. The molecule has 17 heavy (non-hydrogen) atoms. The van der Waals surface area contributed by atoms with E-state index >= 15 is 0 Å². The van der Waals surface area contributed by atoms with Crippen LogP contribution >= 0.6 is 0 Å². The molecule has 1 aromatic carbocycles. The molecule has 1 aromatic rings. The number of halogens is 2. The minimum Gasteiger partial charge on any atom is -0.394 e. The van der Waals surface area contributed by atoms with Crippen LogP contribution in [-0.4, -0.2) is 14.2 Å². The highest BCUT2D eigenvalue weighted by Gasteiger charge is 2.16. The predicted molar refractivity (Wildman–Crippen MR) is 61.6 cm³/mol. The van der Waals surface area contributed by atoms with Gasteiger partial charge in [-0.05, 0) is 24.0 Å². The first-order valence-corrected chi connectivity index (χ1v) is 6.65. The summed E-state index contributed by atoms with van der Waals surface area (Å²) in [6.07, 6.45) is 0.132. The predicted octanol–water partition coefficient (Wildman–Crippen LogP) is 1.01. The lowest BCUT2D eigenvalue weighted by molar-refractivity contribution is 0.547. The number of anilines is 1. The van der Waals surface area contributed by atoms with Crippen LogP contribution in [0.2, 0.25) is 0 Å². The van der Waals surface area contributed by atoms with E-state index in [1.165, 1.54) is 6.07 Å². The molecule has 1 unspecified atom stereocenters. The molecule has 0 saturated carbocycles. The quantitative estimate of drug-likeness (QED) is 0.796. The third kappa shape index (κ3) is 3.94. The number of hydrogen-bond donors (Lipinski definition) is 2. The van der Waals surface area contributed by atoms with Crippen molar-refractivity contribution in [2.75, 3.05) is 11.5 Å². The maximum atomic E-state index is 13.5. The number of benzene rings is 1. The highest BCUT2D eigenvalue weighted by molar-refractivity contribution is 7.89. The van der Waals surface area contributed by atoms with Crippen molar-refractivity contribution in [3.63, 3.8) is 0 Å². The van der Waals surface area contributed by atoms with Crippen molar-refractivity contribution >= 4 is 15.7 Å². The van der Waals surface area contributed by atoms with Gasteiger partial charge in [0.15, 0.2) is 5.82 Å². The molecule has 0 radical (unpaired) electrons. The lowest BCUT2D eigenvalue weighted by atomic mass is 10.0. The Morgan fingerprint density at radius 1 is 1.35 bits per heavy atom. The van der Waals surface area contributed by atoms with Crippen LogP contribution in [0.5, 0.6) is 0 Å². The highest BCUT2D eigenvalue weighted by Crippen LogP contribution is 2.21. The van der Waals surface area contributed by atoms with Crippen molar-refractivity contribution in [1.82, 2.24) is 0 Å². The SMILES string of the molecule is CC(Cc1ccc(F)c(N)c1F)CS(N)(=O)=O. The van der Waals surface area contributed by atoms with Crippen LogP contribution in [0.4, 0.5) is 14.5 Å². The summed E-state index contributed by atoms with van der Waals surface area (Å²) in [4.78, 5) is 0. The first-order chi connectivity index (χ1) is 7.70. The molecule has 0 aliphatic rings. The monoisotopic (exact) mass is 264 g/mol. The van der Waals surface area contributed by atoms with Gasteiger partial charge in [0.1, 0.15) is 11.5 Å². The van der Waals surface area contributed by atoms with Crippen molar-refractivity contribution in [2.45, 2.75) is 13.3 Å². The lowest BCUT2D eigenvalue weighted by Gasteiger charge is -2.11. The minimum absolute atomic E-state index is 0.132. The maximum absolute atomic E-state index is 13.5. The minimum atomic E-state index is -3.60. The summed E-state index contributed by atoms with van der Waals surface area (Å²) in [5.74, 6) is -2.30. The fourth-order valence-electron chi connectivity index (χ4n) is 1.60. The van der Waals surface area contributed by atoms with Gasteiger partial charge < -0.3 is 5.73 Å². The first kappa shape index (κ1) is 13.9. The number of nitrogens with two attached hydrogens (primary N) is 2. The van der Waals surface area contributed by atoms with E-state index in [0.717, 1.165) is 6.07 Å². The topological polar surface area (TPSA) is 86.2 Å². The molecule has 4 N–H and O–H groups in total. The van der Waals surface area contributed by atoms with Crippen LogP contribution in [0, 0.1) is 17.6 Å². The summed E-state index contributed by atoms with van der Waals surface area (Å²) in [6.45, 7) is 1.61. The van der Waals surface area contributed by atoms with Gasteiger partial charge in [0.2, 0.25) is 10.0 Å². The lowest BCUT2D eigenvalue weighted by Crippen LogP contribution is -2.23. The van der Waals surface area contributed by atoms with Gasteiger partial charge in [-0.15, -0.1) is 0 Å². The largest absolute Gasteiger partial charge is 0.394 e. The standard InChI is InChI=1S/C10H14F2N2O2S/c1-6(5-17(14,15)16)4-7-2-3-8(11)10(13)9(7)12/h2-3,6H,4-5,13H2,1H3,(H2,14,15,16). The molecule has 0 amide bonds. The van der Waals surface area contributed by atoms with Crippen LogP contribution in [-0.2, 0) is 16.4 Å². The second-order valence-electron chi connectivity index (χ2n) is 4.07. The summed E-state index contributed by atoms with van der Waals surface area (Å²) < 4.78 is 48.1. The van der Waals surface area contributed by atoms with Gasteiger partial charge in [-0.2, -0.15) is 0 Å². The van der Waals surface area contributed by atoms with Gasteiger partial charge in [-0.3, -0.25) is 0 Å². The third-order valence-electron chi connectivity index (χ3n) is 2.29. The molecule has 0 aliphatic carbocycles. The molecule has 1 atom stereocenters. The van der Waals surface area contributed by atoms with Crippen LogP contribution in [0.25, 0.3) is 0 Å². The number of nitrogen functional groups attached to an aromatic ring is 1. The van der Waals surface area contributed by atoms with E-state index in [1.807, 2.05) is 0 Å². The number of hydrogen-bond acceptors (Lipinski definition) is 3. The van der Waals surface area contributed by atoms with Crippen molar-refractivity contribution in [1.29, 1.82) is 0 Å². The molecule has 96 valence electrons. The van der Waals surface area contributed by atoms with E-state index in [0.29, 0.717) is 0 Å². The summed E-state index contributed by atoms with van der Waals surface area (Å²) in [5.41, 5.74) is 4.82. The van der Waals surface area contributed by atoms with Crippen LogP contribution in [0.1, 0.15) is 12.5 Å². The van der Waals surface area contributed by atoms with Gasteiger partial charge >= 0.3 is 0 Å². The average Bonchev–Trinajstić information content (AvgIpc) is 2.16. The van der Waals surface area contributed by atoms with Crippen molar-refractivity contribution in [3.05, 3.63) is 29.3 Å². The Balaban J connectivity index is 2.86. The summed E-state index contributed by atoms with van der Waals surface area (Å²) in [7, 11) is -3.60. The molecule has 0 spiro atoms. The molecule has 0 heterocycles. The Bertz CT molecular complexity index is 517. The number of rotatable bonds is 4. The van der Waals surface area contributed by atoms with Gasteiger partial charge in [-0.25, -0.2) is 22.3 Å². The number of primary sulfonamides is 1. The Kier molecular flexibility index (Phi) is 4.05. The second-order valence-corrected chi connectivity index (χ2v) is 5.73. The van der Waals surface area contributed by atoms with E-state index in [9.17, 15) is 17.2 Å².